The fraction of sp³-hybridized carbons (Fsp3) is 0.343. The van der Waals surface area contributed by atoms with Crippen molar-refractivity contribution in [3.8, 4) is 0 Å². The fourth-order valence-corrected chi connectivity index (χ4v) is 5.42. The van der Waals surface area contributed by atoms with Crippen LogP contribution in [0.15, 0.2) is 91.3 Å². The van der Waals surface area contributed by atoms with Crippen LogP contribution in [0.1, 0.15) is 68.6 Å². The van der Waals surface area contributed by atoms with Crippen molar-refractivity contribution < 1.29 is 14.4 Å². The van der Waals surface area contributed by atoms with Crippen LogP contribution in [0.5, 0.6) is 0 Å². The molecule has 0 spiro atoms. The first-order valence-corrected chi connectivity index (χ1v) is 15.0. The Kier molecular flexibility index (Phi) is 9.70. The van der Waals surface area contributed by atoms with Crippen LogP contribution in [0.4, 0.5) is 5.82 Å². The number of pyridine rings is 1. The van der Waals surface area contributed by atoms with Crippen molar-refractivity contribution in [3.05, 3.63) is 108 Å². The summed E-state index contributed by atoms with van der Waals surface area (Å²) in [6.45, 7) is 5.30. The molecule has 1 atom stereocenters. The number of amides is 1. The van der Waals surface area contributed by atoms with Gasteiger partial charge < -0.3 is 15.1 Å². The van der Waals surface area contributed by atoms with Gasteiger partial charge in [-0.3, -0.25) is 4.79 Å². The summed E-state index contributed by atoms with van der Waals surface area (Å²) < 4.78 is 1.55. The van der Waals surface area contributed by atoms with Crippen LogP contribution in [0.25, 0.3) is 11.0 Å². The van der Waals surface area contributed by atoms with E-state index in [0.29, 0.717) is 36.6 Å². The maximum atomic E-state index is 12.8. The first-order chi connectivity index (χ1) is 20.5. The molecule has 2 aromatic heterocycles. The summed E-state index contributed by atoms with van der Waals surface area (Å²) in [6.07, 6.45) is 11.0. The van der Waals surface area contributed by atoms with Crippen molar-refractivity contribution in [2.24, 2.45) is 0 Å². The second-order valence-corrected chi connectivity index (χ2v) is 11.2. The lowest BCUT2D eigenvalue weighted by atomic mass is 9.94. The first-order valence-electron chi connectivity index (χ1n) is 15.0. The predicted octanol–water partition coefficient (Wildman–Crippen LogP) is 6.69. The van der Waals surface area contributed by atoms with Gasteiger partial charge in [-0.1, -0.05) is 66.7 Å². The summed E-state index contributed by atoms with van der Waals surface area (Å²) >= 11 is 0. The summed E-state index contributed by atoms with van der Waals surface area (Å²) in [5.41, 5.74) is 4.87. The number of benzene rings is 2. The normalized spacial score (nSPS) is 14.8. The molecule has 1 unspecified atom stereocenters. The highest BCUT2D eigenvalue weighted by molar-refractivity contribution is 5.92. The number of aryl methyl sites for hydroxylation is 2. The molecule has 7 heteroatoms. The summed E-state index contributed by atoms with van der Waals surface area (Å²) in [6, 6.07) is 24.4. The molecular weight excluding hydrogens is 524 g/mol. The van der Waals surface area contributed by atoms with Gasteiger partial charge in [0.2, 0.25) is 5.91 Å². The number of hydrogen-bond acceptors (Lipinski definition) is 5. The van der Waals surface area contributed by atoms with Crippen molar-refractivity contribution in [1.29, 1.82) is 0 Å². The topological polar surface area (TPSA) is 76.5 Å². The molecule has 1 aliphatic heterocycles. The molecular formula is C35H40N4O3. The largest absolute Gasteiger partial charge is 0.375 e. The smallest absolute Gasteiger partial charge is 0.332 e. The van der Waals surface area contributed by atoms with Crippen LogP contribution in [0.2, 0.25) is 0 Å². The lowest BCUT2D eigenvalue weighted by Gasteiger charge is -2.30. The number of allylic oxidation sites excluding steroid dienone is 1. The molecule has 0 aliphatic carbocycles. The zero-order valence-corrected chi connectivity index (χ0v) is 24.5. The van der Waals surface area contributed by atoms with Gasteiger partial charge in [-0.2, -0.15) is 4.73 Å². The van der Waals surface area contributed by atoms with E-state index in [9.17, 15) is 9.59 Å². The van der Waals surface area contributed by atoms with Gasteiger partial charge in [0, 0.05) is 36.9 Å². The highest BCUT2D eigenvalue weighted by Crippen LogP contribution is 2.33. The van der Waals surface area contributed by atoms with E-state index in [0.717, 1.165) is 43.3 Å². The van der Waals surface area contributed by atoms with Gasteiger partial charge in [-0.25, -0.2) is 9.78 Å². The second-order valence-electron chi connectivity index (χ2n) is 11.2. The Bertz CT molecular complexity index is 1510. The van der Waals surface area contributed by atoms with Gasteiger partial charge in [0.1, 0.15) is 11.3 Å². The Morgan fingerprint density at radius 3 is 2.21 bits per heavy atom. The van der Waals surface area contributed by atoms with Crippen LogP contribution >= 0.6 is 0 Å². The maximum absolute atomic E-state index is 12.8. The highest BCUT2D eigenvalue weighted by Gasteiger charge is 2.23. The molecule has 0 fully saturated rings. The molecule has 4 aromatic rings. The quantitative estimate of drug-likeness (QED) is 0.208. The van der Waals surface area contributed by atoms with Crippen molar-refractivity contribution in [3.63, 3.8) is 0 Å². The van der Waals surface area contributed by atoms with E-state index in [1.165, 1.54) is 11.1 Å². The van der Waals surface area contributed by atoms with Crippen LogP contribution in [-0.2, 0) is 22.4 Å². The fourth-order valence-electron chi connectivity index (χ4n) is 5.42. The van der Waals surface area contributed by atoms with Crippen LogP contribution in [0, 0.1) is 0 Å². The number of aromatic nitrogens is 2. The minimum Gasteiger partial charge on any atom is -0.375 e. The molecule has 2 aromatic carbocycles. The Morgan fingerprint density at radius 2 is 1.60 bits per heavy atom. The van der Waals surface area contributed by atoms with E-state index in [-0.39, 0.29) is 17.8 Å². The number of carbonyl (C=O) groups excluding carboxylic acids is 2. The lowest BCUT2D eigenvalue weighted by Crippen LogP contribution is -2.30. The van der Waals surface area contributed by atoms with E-state index < -0.39 is 0 Å². The van der Waals surface area contributed by atoms with Gasteiger partial charge in [0.05, 0.1) is 11.7 Å². The van der Waals surface area contributed by atoms with Crippen LogP contribution < -0.4 is 10.2 Å². The van der Waals surface area contributed by atoms with Crippen molar-refractivity contribution in [2.45, 2.75) is 70.8 Å². The summed E-state index contributed by atoms with van der Waals surface area (Å²) in [5, 5.41) is 2.97. The number of rotatable bonds is 12. The van der Waals surface area contributed by atoms with Gasteiger partial charge in [-0.05, 0) is 75.4 Å². The number of fused-ring (bicyclic) bond motifs is 1. The van der Waals surface area contributed by atoms with Gasteiger partial charge in [0.25, 0.3) is 0 Å². The zero-order valence-electron chi connectivity index (χ0n) is 24.5. The maximum Gasteiger partial charge on any atom is 0.332 e. The molecule has 218 valence electrons. The third kappa shape index (κ3) is 7.66. The first kappa shape index (κ1) is 29.1. The average Bonchev–Trinajstić information content (AvgIpc) is 3.35. The Morgan fingerprint density at radius 1 is 0.929 bits per heavy atom. The minimum atomic E-state index is -0.282. The van der Waals surface area contributed by atoms with Gasteiger partial charge >= 0.3 is 5.97 Å². The monoisotopic (exact) mass is 564 g/mol. The molecule has 0 saturated carbocycles. The Hall–Kier alpha value is -4.39. The van der Waals surface area contributed by atoms with E-state index in [1.807, 2.05) is 48.7 Å². The molecule has 42 heavy (non-hydrogen) atoms. The molecule has 1 amide bonds. The predicted molar refractivity (Wildman–Crippen MR) is 167 cm³/mol. The second kappa shape index (κ2) is 14.0. The summed E-state index contributed by atoms with van der Waals surface area (Å²) in [7, 11) is 0. The van der Waals surface area contributed by atoms with Gasteiger partial charge in [0.15, 0.2) is 0 Å². The average molecular weight is 565 g/mol. The van der Waals surface area contributed by atoms with Crippen molar-refractivity contribution in [1.82, 2.24) is 14.6 Å². The third-order valence-corrected chi connectivity index (χ3v) is 7.78. The number of hydrogen-bond donors (Lipinski definition) is 1. The molecule has 3 heterocycles. The van der Waals surface area contributed by atoms with E-state index in [4.69, 9.17) is 9.82 Å². The summed E-state index contributed by atoms with van der Waals surface area (Å²) in [5.74, 6) is 0.290. The minimum absolute atomic E-state index is 0.0613. The SMILES string of the molecule is CC(C)N1C=CC(c2cn(OC(=O)CCCc3ccccc3)c3ccc(NC(=O)CCCc4ccccc4)nc23)CC1. The Labute approximate surface area is 248 Å². The molecule has 0 radical (unpaired) electrons. The summed E-state index contributed by atoms with van der Waals surface area (Å²) in [4.78, 5) is 38.6. The molecule has 1 aliphatic rings. The van der Waals surface area contributed by atoms with Gasteiger partial charge in [-0.15, -0.1) is 0 Å². The van der Waals surface area contributed by atoms with E-state index in [1.54, 1.807) is 10.8 Å². The highest BCUT2D eigenvalue weighted by atomic mass is 16.7. The molecule has 7 nitrogen and oxygen atoms in total. The van der Waals surface area contributed by atoms with Crippen LogP contribution in [0.3, 0.4) is 0 Å². The van der Waals surface area contributed by atoms with E-state index >= 15 is 0 Å². The number of anilines is 1. The van der Waals surface area contributed by atoms with Crippen molar-refractivity contribution in [2.75, 3.05) is 11.9 Å². The zero-order chi connectivity index (χ0) is 29.3. The molecule has 5 rings (SSSR count). The van der Waals surface area contributed by atoms with Crippen molar-refractivity contribution >= 4 is 28.7 Å². The standard InChI is InChI=1S/C35H40N4O3/c1-26(2)38-23-21-29(22-24-38)30-25-39(42-34(41)18-10-16-28-13-7-4-8-14-28)31-19-20-32(37-35(30)31)36-33(40)17-9-15-27-11-5-3-6-12-27/h3-8,11-14,19-21,23,25-26,29H,9-10,15-18,22,24H2,1-2H3,(H,36,37,40). The lowest BCUT2D eigenvalue weighted by molar-refractivity contribution is -0.143. The molecule has 1 N–H and O–H groups in total. The molecule has 0 bridgehead atoms. The Balaban J connectivity index is 1.29. The van der Waals surface area contributed by atoms with Crippen LogP contribution in [-0.4, -0.2) is 39.1 Å². The number of carbonyl (C=O) groups is 2. The number of nitrogens with one attached hydrogen (secondary N) is 1. The number of nitrogens with zero attached hydrogens (tertiary/aromatic N) is 3. The van der Waals surface area contributed by atoms with E-state index in [2.05, 4.69) is 60.6 Å². The third-order valence-electron chi connectivity index (χ3n) is 7.78. The molecule has 0 saturated heterocycles.